The predicted molar refractivity (Wildman–Crippen MR) is 81.8 cm³/mol. The molecule has 110 valence electrons. The highest BCUT2D eigenvalue weighted by Crippen LogP contribution is 2.40. The minimum atomic E-state index is -0.500. The fraction of sp³-hybridized carbons (Fsp3) is 0.0588. The number of allylic oxidation sites excluding steroid dienone is 1. The van der Waals surface area contributed by atoms with E-state index in [9.17, 15) is 19.8 Å². The van der Waals surface area contributed by atoms with Gasteiger partial charge in [-0.05, 0) is 6.07 Å². The number of rotatable bonds is 2. The van der Waals surface area contributed by atoms with Gasteiger partial charge in [-0.3, -0.25) is 9.59 Å². The second kappa shape index (κ2) is 5.00. The first-order valence-electron chi connectivity index (χ1n) is 6.51. The van der Waals surface area contributed by atoms with Gasteiger partial charge in [0.15, 0.2) is 11.6 Å². The van der Waals surface area contributed by atoms with Crippen LogP contribution >= 0.6 is 11.6 Å². The summed E-state index contributed by atoms with van der Waals surface area (Å²) in [5.74, 6) is -1.69. The Morgan fingerprint density at radius 1 is 1.05 bits per heavy atom. The van der Waals surface area contributed by atoms with Gasteiger partial charge in [-0.15, -0.1) is 0 Å². The topological polar surface area (TPSA) is 74.6 Å². The normalized spacial score (nSPS) is 12.8. The number of halogens is 1. The van der Waals surface area contributed by atoms with Crippen molar-refractivity contribution in [1.82, 2.24) is 0 Å². The van der Waals surface area contributed by atoms with Crippen LogP contribution in [0.3, 0.4) is 0 Å². The van der Waals surface area contributed by atoms with E-state index in [0.29, 0.717) is 0 Å². The molecule has 0 aliphatic heterocycles. The maximum atomic E-state index is 12.6. The average molecular weight is 315 g/mol. The van der Waals surface area contributed by atoms with Gasteiger partial charge in [0.1, 0.15) is 11.5 Å². The van der Waals surface area contributed by atoms with E-state index in [1.54, 1.807) is 12.1 Å². The summed E-state index contributed by atoms with van der Waals surface area (Å²) in [6, 6.07) is 7.54. The van der Waals surface area contributed by atoms with Crippen LogP contribution in [-0.4, -0.2) is 21.8 Å². The molecule has 0 saturated carbocycles. The lowest BCUT2D eigenvalue weighted by Gasteiger charge is -2.20. The molecule has 5 heteroatoms. The van der Waals surface area contributed by atoms with Crippen LogP contribution in [0.4, 0.5) is 0 Å². The third kappa shape index (κ3) is 2.00. The van der Waals surface area contributed by atoms with Crippen LogP contribution < -0.4 is 0 Å². The molecule has 0 radical (unpaired) electrons. The van der Waals surface area contributed by atoms with Crippen molar-refractivity contribution in [3.63, 3.8) is 0 Å². The smallest absolute Gasteiger partial charge is 0.198 e. The molecule has 1 aliphatic carbocycles. The summed E-state index contributed by atoms with van der Waals surface area (Å²) in [5, 5.41) is 20.7. The van der Waals surface area contributed by atoms with E-state index in [1.165, 1.54) is 18.2 Å². The fourth-order valence-corrected chi connectivity index (χ4v) is 2.80. The number of carbonyl (C=O) groups is 2. The molecule has 0 aromatic heterocycles. The van der Waals surface area contributed by atoms with Gasteiger partial charge in [0, 0.05) is 28.1 Å². The third-order valence-electron chi connectivity index (χ3n) is 3.61. The number of ketones is 2. The fourth-order valence-electron chi connectivity index (χ4n) is 2.65. The average Bonchev–Trinajstić information content (AvgIpc) is 2.47. The van der Waals surface area contributed by atoms with Gasteiger partial charge in [0.25, 0.3) is 0 Å². The predicted octanol–water partition coefficient (Wildman–Crippen LogP) is 3.17. The molecule has 0 saturated heterocycles. The number of hydrogen-bond donors (Lipinski definition) is 2. The summed E-state index contributed by atoms with van der Waals surface area (Å²) in [6.07, 6.45) is 0.0807. The van der Waals surface area contributed by atoms with E-state index in [2.05, 4.69) is 6.58 Å². The van der Waals surface area contributed by atoms with E-state index >= 15 is 0 Å². The highest BCUT2D eigenvalue weighted by Gasteiger charge is 2.35. The summed E-state index contributed by atoms with van der Waals surface area (Å²) in [7, 11) is 0. The third-order valence-corrected chi connectivity index (χ3v) is 3.74. The van der Waals surface area contributed by atoms with E-state index in [-0.39, 0.29) is 50.8 Å². The molecule has 1 aliphatic rings. The minimum Gasteiger partial charge on any atom is -0.507 e. The van der Waals surface area contributed by atoms with Crippen LogP contribution in [0.5, 0.6) is 11.5 Å². The molecule has 3 rings (SSSR count). The quantitative estimate of drug-likeness (QED) is 0.712. The zero-order valence-electron chi connectivity index (χ0n) is 11.4. The highest BCUT2D eigenvalue weighted by molar-refractivity contribution is 6.31. The molecule has 0 heterocycles. The lowest BCUT2D eigenvalue weighted by atomic mass is 9.82. The Morgan fingerprint density at radius 3 is 2.14 bits per heavy atom. The van der Waals surface area contributed by atoms with Crippen molar-refractivity contribution in [3.8, 4) is 11.5 Å². The summed E-state index contributed by atoms with van der Waals surface area (Å²) in [4.78, 5) is 25.1. The maximum absolute atomic E-state index is 12.6. The van der Waals surface area contributed by atoms with Crippen LogP contribution in [0.2, 0.25) is 0 Å². The van der Waals surface area contributed by atoms with Crippen LogP contribution in [-0.2, 0) is 6.42 Å². The number of phenols is 2. The first-order valence-corrected chi connectivity index (χ1v) is 6.89. The van der Waals surface area contributed by atoms with Gasteiger partial charge in [0.2, 0.25) is 0 Å². The molecular weight excluding hydrogens is 304 g/mol. The van der Waals surface area contributed by atoms with E-state index < -0.39 is 11.6 Å². The van der Waals surface area contributed by atoms with Crippen LogP contribution in [0.1, 0.15) is 37.4 Å². The van der Waals surface area contributed by atoms with Crippen molar-refractivity contribution in [1.29, 1.82) is 0 Å². The van der Waals surface area contributed by atoms with E-state index in [0.717, 1.165) is 0 Å². The molecule has 0 bridgehead atoms. The van der Waals surface area contributed by atoms with Crippen LogP contribution in [0, 0.1) is 0 Å². The minimum absolute atomic E-state index is 0.0807. The van der Waals surface area contributed by atoms with Crippen molar-refractivity contribution in [2.24, 2.45) is 0 Å². The van der Waals surface area contributed by atoms with Crippen molar-refractivity contribution in [2.75, 3.05) is 0 Å². The summed E-state index contributed by atoms with van der Waals surface area (Å²) < 4.78 is 0. The Morgan fingerprint density at radius 2 is 1.59 bits per heavy atom. The molecule has 4 nitrogen and oxygen atoms in total. The lowest BCUT2D eigenvalue weighted by Crippen LogP contribution is -2.21. The monoisotopic (exact) mass is 314 g/mol. The van der Waals surface area contributed by atoms with Crippen molar-refractivity contribution in [3.05, 3.63) is 69.8 Å². The Balaban J connectivity index is 2.31. The standard InChI is InChI=1S/C17H11ClO4/c1-8(18)6-9-7-12(19)13-14(15(9)20)17(22)11-5-3-2-4-10(11)16(13)21/h2-5,7,19-20H,1,6H2. The molecule has 0 fully saturated rings. The second-order valence-electron chi connectivity index (χ2n) is 5.05. The largest absolute Gasteiger partial charge is 0.507 e. The molecule has 0 atom stereocenters. The molecule has 0 spiro atoms. The summed E-state index contributed by atoms with van der Waals surface area (Å²) in [6.45, 7) is 3.52. The first kappa shape index (κ1) is 14.4. The number of fused-ring (bicyclic) bond motifs is 2. The van der Waals surface area contributed by atoms with Gasteiger partial charge in [-0.1, -0.05) is 42.4 Å². The maximum Gasteiger partial charge on any atom is 0.198 e. The number of phenolic OH excluding ortho intramolecular Hbond substituents is 2. The van der Waals surface area contributed by atoms with Gasteiger partial charge in [-0.2, -0.15) is 0 Å². The summed E-state index contributed by atoms with van der Waals surface area (Å²) in [5.41, 5.74) is 0.305. The molecule has 2 N–H and O–H groups in total. The molecule has 22 heavy (non-hydrogen) atoms. The van der Waals surface area contributed by atoms with Gasteiger partial charge in [0.05, 0.1) is 11.1 Å². The van der Waals surface area contributed by atoms with E-state index in [1.807, 2.05) is 0 Å². The van der Waals surface area contributed by atoms with Gasteiger partial charge >= 0.3 is 0 Å². The molecule has 0 unspecified atom stereocenters. The van der Waals surface area contributed by atoms with Crippen molar-refractivity contribution in [2.45, 2.75) is 6.42 Å². The molecule has 2 aromatic rings. The molecule has 0 amide bonds. The van der Waals surface area contributed by atoms with Gasteiger partial charge in [-0.25, -0.2) is 0 Å². The summed E-state index contributed by atoms with van der Waals surface area (Å²) >= 11 is 5.73. The van der Waals surface area contributed by atoms with Crippen LogP contribution in [0.15, 0.2) is 41.9 Å². The highest BCUT2D eigenvalue weighted by atomic mass is 35.5. The number of benzene rings is 2. The number of hydrogen-bond acceptors (Lipinski definition) is 4. The Labute approximate surface area is 131 Å². The second-order valence-corrected chi connectivity index (χ2v) is 5.59. The zero-order chi connectivity index (χ0) is 16.0. The number of carbonyl (C=O) groups excluding carboxylic acids is 2. The molecule has 2 aromatic carbocycles. The van der Waals surface area contributed by atoms with Gasteiger partial charge < -0.3 is 10.2 Å². The van der Waals surface area contributed by atoms with Crippen molar-refractivity contribution < 1.29 is 19.8 Å². The van der Waals surface area contributed by atoms with E-state index in [4.69, 9.17) is 11.6 Å². The Bertz CT molecular complexity index is 852. The Hall–Kier alpha value is -2.59. The van der Waals surface area contributed by atoms with Crippen molar-refractivity contribution >= 4 is 23.2 Å². The number of aromatic hydroxyl groups is 2. The lowest BCUT2D eigenvalue weighted by molar-refractivity contribution is 0.0974. The zero-order valence-corrected chi connectivity index (χ0v) is 12.1. The SMILES string of the molecule is C=C(Cl)Cc1cc(O)c2c(c1O)C(=O)c1ccccc1C2=O. The van der Waals surface area contributed by atoms with Crippen LogP contribution in [0.25, 0.3) is 0 Å². The first-order chi connectivity index (χ1) is 10.4. The molecular formula is C17H11ClO4. The Kier molecular flexibility index (Phi) is 3.26.